The van der Waals surface area contributed by atoms with E-state index in [0.29, 0.717) is 6.07 Å². The third-order valence-corrected chi connectivity index (χ3v) is 3.42. The fraction of sp³-hybridized carbons (Fsp3) is 0. The molecular weight excluding hydrogens is 340 g/mol. The van der Waals surface area contributed by atoms with Gasteiger partial charge in [0.1, 0.15) is 0 Å². The van der Waals surface area contributed by atoms with E-state index in [9.17, 15) is 39.3 Å². The molecule has 0 fully saturated rings. The molecule has 128 valence electrons. The monoisotopic (exact) mass is 348 g/mol. The van der Waals surface area contributed by atoms with Crippen molar-refractivity contribution in [2.75, 3.05) is 0 Å². The first-order valence-corrected chi connectivity index (χ1v) is 6.38. The first-order chi connectivity index (χ1) is 11.6. The van der Waals surface area contributed by atoms with Gasteiger partial charge in [0.15, 0.2) is 0 Å². The van der Waals surface area contributed by atoms with Gasteiger partial charge in [-0.3, -0.25) is 0 Å². The number of hydrogen-bond donors (Lipinski definition) is 5. The summed E-state index contributed by atoms with van der Waals surface area (Å²) in [5.41, 5.74) is -4.24. The van der Waals surface area contributed by atoms with Crippen molar-refractivity contribution in [3.63, 3.8) is 0 Å². The molecule has 25 heavy (non-hydrogen) atoms. The van der Waals surface area contributed by atoms with Gasteiger partial charge in [0.05, 0.1) is 27.8 Å². The molecule has 2 rings (SSSR count). The highest BCUT2D eigenvalue weighted by Gasteiger charge is 2.29. The molecule has 0 heterocycles. The van der Waals surface area contributed by atoms with E-state index < -0.39 is 68.4 Å². The van der Waals surface area contributed by atoms with E-state index in [1.54, 1.807) is 0 Å². The molecule has 0 aromatic heterocycles. The summed E-state index contributed by atoms with van der Waals surface area (Å²) < 4.78 is 0. The van der Waals surface area contributed by atoms with Gasteiger partial charge in [-0.25, -0.2) is 24.0 Å². The molecule has 0 aliphatic rings. The van der Waals surface area contributed by atoms with E-state index in [1.807, 2.05) is 0 Å². The number of carboxylic acid groups (broad SMARTS) is 5. The van der Waals surface area contributed by atoms with E-state index in [2.05, 4.69) is 0 Å². The minimum Gasteiger partial charge on any atom is -0.478 e. The summed E-state index contributed by atoms with van der Waals surface area (Å²) >= 11 is 0. The molecule has 0 bridgehead atoms. The maximum Gasteiger partial charge on any atom is 0.337 e. The molecule has 5 N–H and O–H groups in total. The number of aromatic carboxylic acids is 5. The van der Waals surface area contributed by atoms with Crippen molar-refractivity contribution in [2.45, 2.75) is 0 Å². The molecule has 0 radical (unpaired) electrons. The van der Waals surface area contributed by atoms with Gasteiger partial charge >= 0.3 is 29.8 Å². The van der Waals surface area contributed by atoms with Crippen molar-refractivity contribution in [1.29, 1.82) is 0 Å². The van der Waals surface area contributed by atoms with Crippen LogP contribution in [0.3, 0.4) is 0 Å². The number of hydrogen-bond acceptors (Lipinski definition) is 5. The molecule has 0 saturated carbocycles. The second-order valence-electron chi connectivity index (χ2n) is 4.78. The lowest BCUT2D eigenvalue weighted by Gasteiger charge is -2.13. The van der Waals surface area contributed by atoms with E-state index >= 15 is 0 Å². The maximum absolute atomic E-state index is 11.5. The predicted molar refractivity (Wildman–Crippen MR) is 78.7 cm³/mol. The van der Waals surface area contributed by atoms with E-state index in [1.165, 1.54) is 0 Å². The van der Waals surface area contributed by atoms with Crippen molar-refractivity contribution < 1.29 is 49.5 Å². The highest BCUT2D eigenvalue weighted by molar-refractivity contribution is 6.23. The fourth-order valence-electron chi connectivity index (χ4n) is 2.49. The normalized spacial score (nSPS) is 10.4. The summed E-state index contributed by atoms with van der Waals surface area (Å²) in [7, 11) is 0. The number of carboxylic acids is 5. The number of carbonyl (C=O) groups is 5. The quantitative estimate of drug-likeness (QED) is 0.527. The summed E-state index contributed by atoms with van der Waals surface area (Å²) in [6.45, 7) is 0. The standard InChI is InChI=1S/C15H8O10/c16-11(17)5-2-1-4-8(10(5)15(24)25)6(12(18)19)3-7(13(20)21)9(4)14(22)23/h1-3H,(H,16,17)(H,18,19)(H,20,21)(H,22,23)(H,24,25). The van der Waals surface area contributed by atoms with Gasteiger partial charge in [-0.05, 0) is 17.5 Å². The Morgan fingerprint density at radius 1 is 0.560 bits per heavy atom. The topological polar surface area (TPSA) is 186 Å². The molecule has 2 aromatic rings. The molecule has 2 aromatic carbocycles. The molecule has 0 saturated heterocycles. The predicted octanol–water partition coefficient (Wildman–Crippen LogP) is 1.33. The first kappa shape index (κ1) is 17.4. The second kappa shape index (κ2) is 5.92. The van der Waals surface area contributed by atoms with Crippen LogP contribution < -0.4 is 0 Å². The van der Waals surface area contributed by atoms with Crippen LogP contribution >= 0.6 is 0 Å². The van der Waals surface area contributed by atoms with Crippen molar-refractivity contribution >= 4 is 40.6 Å². The van der Waals surface area contributed by atoms with Crippen molar-refractivity contribution in [1.82, 2.24) is 0 Å². The van der Waals surface area contributed by atoms with E-state index in [-0.39, 0.29) is 0 Å². The van der Waals surface area contributed by atoms with Gasteiger partial charge in [-0.1, -0.05) is 6.07 Å². The lowest BCUT2D eigenvalue weighted by atomic mass is 9.89. The van der Waals surface area contributed by atoms with Crippen LogP contribution in [0, 0.1) is 0 Å². The van der Waals surface area contributed by atoms with Crippen molar-refractivity contribution in [3.8, 4) is 0 Å². The van der Waals surface area contributed by atoms with Crippen LogP contribution in [-0.2, 0) is 0 Å². The third-order valence-electron chi connectivity index (χ3n) is 3.42. The van der Waals surface area contributed by atoms with Crippen molar-refractivity contribution in [3.05, 3.63) is 46.0 Å². The third kappa shape index (κ3) is 2.72. The van der Waals surface area contributed by atoms with Gasteiger partial charge in [0.2, 0.25) is 0 Å². The molecule has 0 aliphatic heterocycles. The molecule has 0 amide bonds. The molecule has 0 unspecified atom stereocenters. The van der Waals surface area contributed by atoms with Crippen LogP contribution in [0.15, 0.2) is 18.2 Å². The number of rotatable bonds is 5. The van der Waals surface area contributed by atoms with Crippen LogP contribution in [0.1, 0.15) is 51.8 Å². The average molecular weight is 348 g/mol. The van der Waals surface area contributed by atoms with Crippen LogP contribution in [0.5, 0.6) is 0 Å². The molecule has 0 spiro atoms. The minimum atomic E-state index is -1.80. The smallest absolute Gasteiger partial charge is 0.337 e. The molecule has 0 atom stereocenters. The molecule has 0 aliphatic carbocycles. The van der Waals surface area contributed by atoms with Crippen LogP contribution in [0.4, 0.5) is 0 Å². The zero-order valence-corrected chi connectivity index (χ0v) is 12.0. The molecule has 10 nitrogen and oxygen atoms in total. The summed E-state index contributed by atoms with van der Waals surface area (Å²) in [6.07, 6.45) is 0. The Hall–Kier alpha value is -3.95. The summed E-state index contributed by atoms with van der Waals surface area (Å²) in [5.74, 6) is -8.69. The Morgan fingerprint density at radius 3 is 1.44 bits per heavy atom. The molecular formula is C15H8O10. The largest absolute Gasteiger partial charge is 0.478 e. The lowest BCUT2D eigenvalue weighted by molar-refractivity contribution is 0.0648. The Morgan fingerprint density at radius 2 is 1.04 bits per heavy atom. The van der Waals surface area contributed by atoms with Gasteiger partial charge in [0.25, 0.3) is 0 Å². The highest BCUT2D eigenvalue weighted by atomic mass is 16.4. The van der Waals surface area contributed by atoms with E-state index in [0.717, 1.165) is 12.1 Å². The number of fused-ring (bicyclic) bond motifs is 1. The zero-order valence-electron chi connectivity index (χ0n) is 12.0. The van der Waals surface area contributed by atoms with Gasteiger partial charge < -0.3 is 25.5 Å². The van der Waals surface area contributed by atoms with Crippen LogP contribution in [0.25, 0.3) is 10.8 Å². The fourth-order valence-corrected chi connectivity index (χ4v) is 2.49. The lowest BCUT2D eigenvalue weighted by Crippen LogP contribution is -2.16. The maximum atomic E-state index is 11.5. The highest BCUT2D eigenvalue weighted by Crippen LogP contribution is 2.32. The minimum absolute atomic E-state index is 0.495. The Balaban J connectivity index is 3.25. The Bertz CT molecular complexity index is 986. The SMILES string of the molecule is O=C(O)c1cc(C(=O)O)c2c(C(=O)O)c(C(=O)O)ccc2c1C(=O)O. The van der Waals surface area contributed by atoms with Crippen LogP contribution in [0.2, 0.25) is 0 Å². The van der Waals surface area contributed by atoms with Gasteiger partial charge in [0, 0.05) is 5.39 Å². The van der Waals surface area contributed by atoms with Gasteiger partial charge in [-0.15, -0.1) is 0 Å². The van der Waals surface area contributed by atoms with E-state index in [4.69, 9.17) is 10.2 Å². The summed E-state index contributed by atoms with van der Waals surface area (Å²) in [6, 6.07) is 2.14. The number of benzene rings is 2. The first-order valence-electron chi connectivity index (χ1n) is 6.38. The Kier molecular flexibility index (Phi) is 4.12. The summed E-state index contributed by atoms with van der Waals surface area (Å²) in [5, 5.41) is 44.9. The van der Waals surface area contributed by atoms with Crippen LogP contribution in [-0.4, -0.2) is 55.4 Å². The second-order valence-corrected chi connectivity index (χ2v) is 4.78. The van der Waals surface area contributed by atoms with Crippen molar-refractivity contribution in [2.24, 2.45) is 0 Å². The summed E-state index contributed by atoms with van der Waals surface area (Å²) in [4.78, 5) is 56.9. The zero-order chi connectivity index (χ0) is 19.0. The Labute approximate surface area is 137 Å². The average Bonchev–Trinajstić information content (AvgIpc) is 2.50. The molecule has 10 heteroatoms. The van der Waals surface area contributed by atoms with Gasteiger partial charge in [-0.2, -0.15) is 0 Å².